The number of likely N-dealkylation sites (N-methyl/N-ethyl adjacent to an activating group) is 1. The van der Waals surface area contributed by atoms with Crippen molar-refractivity contribution in [3.8, 4) is 5.75 Å². The highest BCUT2D eigenvalue weighted by Crippen LogP contribution is 2.41. The molecule has 0 aliphatic rings. The monoisotopic (exact) mass is 567 g/mol. The number of nitrogens with zero attached hydrogens (tertiary/aromatic N) is 2. The van der Waals surface area contributed by atoms with Gasteiger partial charge in [-0.25, -0.2) is 12.4 Å². The molecule has 6 nitrogen and oxygen atoms in total. The summed E-state index contributed by atoms with van der Waals surface area (Å²) in [7, 11) is -0.0574. The molecule has 0 spiro atoms. The van der Waals surface area contributed by atoms with E-state index >= 15 is 0 Å². The van der Waals surface area contributed by atoms with E-state index in [4.69, 9.17) is 27.9 Å². The van der Waals surface area contributed by atoms with E-state index in [0.717, 1.165) is 16.9 Å². The Kier molecular flexibility index (Phi) is 7.29. The van der Waals surface area contributed by atoms with Crippen LogP contribution in [0.25, 0.3) is 21.8 Å². The Morgan fingerprint density at radius 1 is 0.842 bits per heavy atom. The summed E-state index contributed by atoms with van der Waals surface area (Å²) in [5, 5.41) is 5.95. The first-order valence-electron chi connectivity index (χ1n) is 12.0. The second-order valence-corrected chi connectivity index (χ2v) is 12.1. The molecule has 196 valence electrons. The van der Waals surface area contributed by atoms with Gasteiger partial charge >= 0.3 is 0 Å². The van der Waals surface area contributed by atoms with E-state index in [1.165, 1.54) is 3.97 Å². The van der Waals surface area contributed by atoms with Gasteiger partial charge in [-0.15, -0.1) is 0 Å². The van der Waals surface area contributed by atoms with Gasteiger partial charge in [0.2, 0.25) is 0 Å². The number of aromatic nitrogens is 1. The van der Waals surface area contributed by atoms with E-state index < -0.39 is 10.0 Å². The van der Waals surface area contributed by atoms with Crippen molar-refractivity contribution in [2.75, 3.05) is 32.6 Å². The maximum absolute atomic E-state index is 14.1. The fourth-order valence-corrected chi connectivity index (χ4v) is 6.17. The lowest BCUT2D eigenvalue weighted by Crippen LogP contribution is -2.20. The molecule has 9 heteroatoms. The van der Waals surface area contributed by atoms with E-state index in [0.29, 0.717) is 50.8 Å². The molecule has 0 saturated carbocycles. The minimum Gasteiger partial charge on any atom is -0.490 e. The van der Waals surface area contributed by atoms with Gasteiger partial charge in [-0.3, -0.25) is 0 Å². The van der Waals surface area contributed by atoms with Crippen LogP contribution in [0.4, 0.5) is 11.4 Å². The highest BCUT2D eigenvalue weighted by atomic mass is 35.5. The second kappa shape index (κ2) is 10.5. The van der Waals surface area contributed by atoms with Gasteiger partial charge in [-0.05, 0) is 81.7 Å². The Labute approximate surface area is 232 Å². The van der Waals surface area contributed by atoms with Gasteiger partial charge in [-0.1, -0.05) is 40.9 Å². The maximum Gasteiger partial charge on any atom is 0.268 e. The highest BCUT2D eigenvalue weighted by molar-refractivity contribution is 7.90. The summed E-state index contributed by atoms with van der Waals surface area (Å²) in [6.07, 6.45) is 0. The molecular weight excluding hydrogens is 541 g/mol. The Bertz CT molecular complexity index is 1730. The van der Waals surface area contributed by atoms with Crippen molar-refractivity contribution in [2.45, 2.75) is 11.8 Å². The molecule has 0 aliphatic carbocycles. The second-order valence-electron chi connectivity index (χ2n) is 9.40. The Morgan fingerprint density at radius 3 is 2.21 bits per heavy atom. The van der Waals surface area contributed by atoms with Crippen molar-refractivity contribution in [2.24, 2.45) is 0 Å². The normalized spacial score (nSPS) is 11.9. The number of hydrogen-bond donors (Lipinski definition) is 1. The number of aryl methyl sites for hydroxylation is 1. The smallest absolute Gasteiger partial charge is 0.268 e. The van der Waals surface area contributed by atoms with Crippen LogP contribution < -0.4 is 10.1 Å². The van der Waals surface area contributed by atoms with Crippen LogP contribution >= 0.6 is 23.2 Å². The van der Waals surface area contributed by atoms with Crippen LogP contribution in [0.15, 0.2) is 83.8 Å². The zero-order chi connectivity index (χ0) is 27.0. The van der Waals surface area contributed by atoms with Gasteiger partial charge < -0.3 is 15.0 Å². The minimum atomic E-state index is -3.97. The summed E-state index contributed by atoms with van der Waals surface area (Å²) in [6, 6.07) is 23.2. The van der Waals surface area contributed by atoms with Crippen molar-refractivity contribution >= 4 is 66.4 Å². The average molecular weight is 569 g/mol. The fraction of sp³-hybridized carbons (Fsp3) is 0.172. The summed E-state index contributed by atoms with van der Waals surface area (Å²) in [5.41, 5.74) is 3.53. The number of anilines is 2. The van der Waals surface area contributed by atoms with Crippen molar-refractivity contribution in [1.82, 2.24) is 8.87 Å². The number of halogens is 2. The summed E-state index contributed by atoms with van der Waals surface area (Å²) < 4.78 is 35.8. The summed E-state index contributed by atoms with van der Waals surface area (Å²) >= 11 is 12.5. The number of benzene rings is 4. The largest absolute Gasteiger partial charge is 0.490 e. The molecule has 1 aromatic heterocycles. The van der Waals surface area contributed by atoms with Gasteiger partial charge in [0, 0.05) is 44.8 Å². The lowest BCUT2D eigenvalue weighted by Gasteiger charge is -2.16. The fourth-order valence-electron chi connectivity index (χ4n) is 4.33. The van der Waals surface area contributed by atoms with E-state index in [1.54, 1.807) is 54.6 Å². The van der Waals surface area contributed by atoms with Crippen LogP contribution in [0.3, 0.4) is 0 Å². The maximum atomic E-state index is 14.1. The molecule has 1 heterocycles. The van der Waals surface area contributed by atoms with E-state index in [2.05, 4.69) is 5.32 Å². The summed E-state index contributed by atoms with van der Waals surface area (Å²) in [4.78, 5) is 2.20. The van der Waals surface area contributed by atoms with E-state index in [-0.39, 0.29) is 4.90 Å². The van der Waals surface area contributed by atoms with E-state index in [9.17, 15) is 8.42 Å². The van der Waals surface area contributed by atoms with Crippen molar-refractivity contribution in [3.05, 3.63) is 94.5 Å². The molecule has 4 aromatic carbocycles. The van der Waals surface area contributed by atoms with Gasteiger partial charge in [0.1, 0.15) is 17.9 Å². The zero-order valence-electron chi connectivity index (χ0n) is 21.2. The first-order valence-corrected chi connectivity index (χ1v) is 14.2. The standard InChI is InChI=1S/C29H27Cl2N3O3S/c1-19-4-11-24(12-5-19)38(35,36)34-27-13-8-21(31)16-25(27)26-17-23(32-22-9-6-20(30)7-10-22)18-28(29(26)34)37-15-14-33(2)3/h4-13,16-18,32H,14-15H2,1-3H3. The SMILES string of the molecule is Cc1ccc(S(=O)(=O)n2c3ccc(Cl)cc3c3cc(Nc4ccc(Cl)cc4)cc(OCCN(C)C)c32)cc1. The average Bonchev–Trinajstić information content (AvgIpc) is 3.20. The lowest BCUT2D eigenvalue weighted by molar-refractivity contribution is 0.263. The molecule has 0 bridgehead atoms. The molecule has 1 N–H and O–H groups in total. The number of fused-ring (bicyclic) bond motifs is 3. The predicted molar refractivity (Wildman–Crippen MR) is 157 cm³/mol. The quantitative estimate of drug-likeness (QED) is 0.212. The Morgan fingerprint density at radius 2 is 1.53 bits per heavy atom. The number of rotatable bonds is 8. The predicted octanol–water partition coefficient (Wildman–Crippen LogP) is 7.33. The highest BCUT2D eigenvalue weighted by Gasteiger charge is 2.26. The zero-order valence-corrected chi connectivity index (χ0v) is 23.5. The molecule has 5 rings (SSSR count). The van der Waals surface area contributed by atoms with Crippen LogP contribution in [0, 0.1) is 6.92 Å². The minimum absolute atomic E-state index is 0.194. The molecule has 38 heavy (non-hydrogen) atoms. The molecule has 0 aliphatic heterocycles. The van der Waals surface area contributed by atoms with Crippen molar-refractivity contribution in [1.29, 1.82) is 0 Å². The van der Waals surface area contributed by atoms with Gasteiger partial charge in [0.25, 0.3) is 10.0 Å². The number of ether oxygens (including phenoxy) is 1. The van der Waals surface area contributed by atoms with Gasteiger partial charge in [0.05, 0.1) is 10.4 Å². The first-order chi connectivity index (χ1) is 18.1. The van der Waals surface area contributed by atoms with Crippen molar-refractivity contribution in [3.63, 3.8) is 0 Å². The molecule has 0 atom stereocenters. The molecular formula is C29H27Cl2N3O3S. The summed E-state index contributed by atoms with van der Waals surface area (Å²) in [6.45, 7) is 2.96. The van der Waals surface area contributed by atoms with Gasteiger partial charge in [0.15, 0.2) is 0 Å². The third-order valence-electron chi connectivity index (χ3n) is 6.23. The van der Waals surface area contributed by atoms with Crippen LogP contribution in [0.1, 0.15) is 5.56 Å². The molecule has 0 saturated heterocycles. The Hall–Kier alpha value is -3.23. The van der Waals surface area contributed by atoms with E-state index in [1.807, 2.05) is 50.2 Å². The van der Waals surface area contributed by atoms with Crippen LogP contribution in [-0.4, -0.2) is 44.5 Å². The summed E-state index contributed by atoms with van der Waals surface area (Å²) in [5.74, 6) is 0.448. The van der Waals surface area contributed by atoms with Crippen LogP contribution in [0.2, 0.25) is 10.0 Å². The first kappa shape index (κ1) is 26.4. The van der Waals surface area contributed by atoms with Crippen LogP contribution in [-0.2, 0) is 10.0 Å². The lowest BCUT2D eigenvalue weighted by atomic mass is 10.1. The van der Waals surface area contributed by atoms with Gasteiger partial charge in [-0.2, -0.15) is 0 Å². The number of nitrogens with one attached hydrogen (secondary N) is 1. The molecule has 0 unspecified atom stereocenters. The molecule has 0 fully saturated rings. The number of hydrogen-bond acceptors (Lipinski definition) is 5. The third kappa shape index (κ3) is 5.20. The molecule has 0 radical (unpaired) electrons. The molecule has 5 aromatic rings. The molecule has 0 amide bonds. The van der Waals surface area contributed by atoms with Crippen molar-refractivity contribution < 1.29 is 13.2 Å². The Balaban J connectivity index is 1.78. The van der Waals surface area contributed by atoms with Crippen LogP contribution in [0.5, 0.6) is 5.75 Å². The third-order valence-corrected chi connectivity index (χ3v) is 8.45. The topological polar surface area (TPSA) is 63.6 Å².